The second kappa shape index (κ2) is 3.42. The lowest BCUT2D eigenvalue weighted by molar-refractivity contribution is -0.136. The van der Waals surface area contributed by atoms with Crippen molar-refractivity contribution in [1.29, 1.82) is 0 Å². The zero-order valence-electron chi connectivity index (χ0n) is 8.79. The fourth-order valence-electron chi connectivity index (χ4n) is 1.82. The number of aliphatic carboxylic acids is 1. The highest BCUT2D eigenvalue weighted by Gasteiger charge is 2.09. The second-order valence-corrected chi connectivity index (χ2v) is 3.81. The van der Waals surface area contributed by atoms with E-state index >= 15 is 0 Å². The summed E-state index contributed by atoms with van der Waals surface area (Å²) in [6.07, 6.45) is 1.85. The van der Waals surface area contributed by atoms with Crippen LogP contribution in [0.25, 0.3) is 10.9 Å². The SMILES string of the molecule is Cc1ccc2c(CC(=O)O)c[nH]c2c1C. The van der Waals surface area contributed by atoms with Crippen LogP contribution in [0.4, 0.5) is 0 Å². The van der Waals surface area contributed by atoms with E-state index in [-0.39, 0.29) is 6.42 Å². The van der Waals surface area contributed by atoms with Gasteiger partial charge in [-0.25, -0.2) is 0 Å². The van der Waals surface area contributed by atoms with Gasteiger partial charge in [-0.05, 0) is 30.5 Å². The summed E-state index contributed by atoms with van der Waals surface area (Å²) in [5.74, 6) is -0.797. The molecule has 2 rings (SSSR count). The summed E-state index contributed by atoms with van der Waals surface area (Å²) in [5.41, 5.74) is 4.29. The first-order chi connectivity index (χ1) is 7.09. The van der Waals surface area contributed by atoms with E-state index in [9.17, 15) is 4.79 Å². The molecular weight excluding hydrogens is 190 g/mol. The fraction of sp³-hybridized carbons (Fsp3) is 0.250. The Bertz CT molecular complexity index is 526. The van der Waals surface area contributed by atoms with Crippen LogP contribution in [0, 0.1) is 13.8 Å². The molecule has 0 atom stereocenters. The molecule has 1 aromatic carbocycles. The summed E-state index contributed by atoms with van der Waals surface area (Å²) >= 11 is 0. The molecule has 1 heterocycles. The van der Waals surface area contributed by atoms with Crippen LogP contribution in [0.1, 0.15) is 16.7 Å². The van der Waals surface area contributed by atoms with Crippen molar-refractivity contribution in [2.45, 2.75) is 20.3 Å². The molecule has 3 heteroatoms. The number of carbonyl (C=O) groups is 1. The van der Waals surface area contributed by atoms with Crippen molar-refractivity contribution in [3.63, 3.8) is 0 Å². The summed E-state index contributed by atoms with van der Waals surface area (Å²) in [6.45, 7) is 4.09. The van der Waals surface area contributed by atoms with Gasteiger partial charge in [0.2, 0.25) is 0 Å². The molecule has 3 nitrogen and oxygen atoms in total. The predicted octanol–water partition coefficient (Wildman–Crippen LogP) is 2.41. The van der Waals surface area contributed by atoms with Gasteiger partial charge in [-0.15, -0.1) is 0 Å². The molecule has 0 unspecified atom stereocenters. The molecular formula is C12H13NO2. The molecule has 0 saturated heterocycles. The maximum absolute atomic E-state index is 10.6. The lowest BCUT2D eigenvalue weighted by Gasteiger charge is -2.01. The van der Waals surface area contributed by atoms with E-state index < -0.39 is 5.97 Å². The maximum Gasteiger partial charge on any atom is 0.307 e. The van der Waals surface area contributed by atoms with E-state index in [1.807, 2.05) is 26.0 Å². The summed E-state index contributed by atoms with van der Waals surface area (Å²) in [6, 6.07) is 4.00. The molecule has 0 radical (unpaired) electrons. The largest absolute Gasteiger partial charge is 0.481 e. The first-order valence-electron chi connectivity index (χ1n) is 4.87. The van der Waals surface area contributed by atoms with Crippen molar-refractivity contribution in [3.05, 3.63) is 35.0 Å². The molecule has 0 amide bonds. The number of fused-ring (bicyclic) bond motifs is 1. The minimum atomic E-state index is -0.797. The molecule has 0 bridgehead atoms. The minimum absolute atomic E-state index is 0.0719. The Hall–Kier alpha value is -1.77. The third-order valence-corrected chi connectivity index (χ3v) is 2.81. The Balaban J connectivity index is 2.61. The van der Waals surface area contributed by atoms with Crippen molar-refractivity contribution in [3.8, 4) is 0 Å². The van der Waals surface area contributed by atoms with Gasteiger partial charge in [-0.1, -0.05) is 12.1 Å². The number of carboxylic acid groups (broad SMARTS) is 1. The summed E-state index contributed by atoms with van der Waals surface area (Å²) < 4.78 is 0. The van der Waals surface area contributed by atoms with E-state index in [1.54, 1.807) is 6.20 Å². The Morgan fingerprint density at radius 3 is 2.80 bits per heavy atom. The molecule has 0 fully saturated rings. The smallest absolute Gasteiger partial charge is 0.307 e. The maximum atomic E-state index is 10.6. The molecule has 0 spiro atoms. The average molecular weight is 203 g/mol. The molecule has 2 N–H and O–H groups in total. The number of benzene rings is 1. The lowest BCUT2D eigenvalue weighted by Crippen LogP contribution is -1.98. The quantitative estimate of drug-likeness (QED) is 0.787. The van der Waals surface area contributed by atoms with Gasteiger partial charge in [0.05, 0.1) is 6.42 Å². The fourth-order valence-corrected chi connectivity index (χ4v) is 1.82. The summed E-state index contributed by atoms with van der Waals surface area (Å²) in [7, 11) is 0. The Morgan fingerprint density at radius 1 is 1.40 bits per heavy atom. The molecule has 0 aliphatic carbocycles. The van der Waals surface area contributed by atoms with Crippen LogP contribution in [0.5, 0.6) is 0 Å². The number of carboxylic acids is 1. The summed E-state index contributed by atoms with van der Waals surface area (Å²) in [4.78, 5) is 13.8. The predicted molar refractivity (Wildman–Crippen MR) is 59.1 cm³/mol. The monoisotopic (exact) mass is 203 g/mol. The normalized spacial score (nSPS) is 10.8. The van der Waals surface area contributed by atoms with E-state index in [2.05, 4.69) is 4.98 Å². The zero-order valence-corrected chi connectivity index (χ0v) is 8.79. The van der Waals surface area contributed by atoms with Crippen molar-refractivity contribution in [2.75, 3.05) is 0 Å². The molecule has 78 valence electrons. The topological polar surface area (TPSA) is 53.1 Å². The highest BCUT2D eigenvalue weighted by molar-refractivity contribution is 5.89. The number of aromatic amines is 1. The van der Waals surface area contributed by atoms with Crippen molar-refractivity contribution in [1.82, 2.24) is 4.98 Å². The van der Waals surface area contributed by atoms with Crippen LogP contribution < -0.4 is 0 Å². The van der Waals surface area contributed by atoms with Gasteiger partial charge >= 0.3 is 5.97 Å². The molecule has 0 aliphatic heterocycles. The molecule has 15 heavy (non-hydrogen) atoms. The van der Waals surface area contributed by atoms with E-state index in [0.29, 0.717) is 0 Å². The lowest BCUT2D eigenvalue weighted by atomic mass is 10.0. The van der Waals surface area contributed by atoms with Crippen LogP contribution >= 0.6 is 0 Å². The van der Waals surface area contributed by atoms with Crippen LogP contribution in [-0.4, -0.2) is 16.1 Å². The Morgan fingerprint density at radius 2 is 2.13 bits per heavy atom. The van der Waals surface area contributed by atoms with Gasteiger partial charge in [-0.2, -0.15) is 0 Å². The van der Waals surface area contributed by atoms with E-state index in [0.717, 1.165) is 16.5 Å². The van der Waals surface area contributed by atoms with Gasteiger partial charge in [0.25, 0.3) is 0 Å². The third-order valence-electron chi connectivity index (χ3n) is 2.81. The first-order valence-corrected chi connectivity index (χ1v) is 4.87. The van der Waals surface area contributed by atoms with Gasteiger partial charge in [0.1, 0.15) is 0 Å². The van der Waals surface area contributed by atoms with Crippen molar-refractivity contribution < 1.29 is 9.90 Å². The summed E-state index contributed by atoms with van der Waals surface area (Å²) in [5, 5.41) is 9.77. The number of hydrogen-bond donors (Lipinski definition) is 2. The van der Waals surface area contributed by atoms with Gasteiger partial charge < -0.3 is 10.1 Å². The van der Waals surface area contributed by atoms with Gasteiger partial charge in [-0.3, -0.25) is 4.79 Å². The van der Waals surface area contributed by atoms with E-state index in [1.165, 1.54) is 11.1 Å². The van der Waals surface area contributed by atoms with Crippen molar-refractivity contribution >= 4 is 16.9 Å². The molecule has 0 saturated carbocycles. The average Bonchev–Trinajstić information content (AvgIpc) is 2.55. The number of hydrogen-bond acceptors (Lipinski definition) is 1. The Kier molecular flexibility index (Phi) is 2.23. The van der Waals surface area contributed by atoms with Gasteiger partial charge in [0.15, 0.2) is 0 Å². The van der Waals surface area contributed by atoms with Crippen LogP contribution in [0.3, 0.4) is 0 Å². The number of aryl methyl sites for hydroxylation is 2. The van der Waals surface area contributed by atoms with Crippen LogP contribution in [-0.2, 0) is 11.2 Å². The second-order valence-electron chi connectivity index (χ2n) is 3.81. The zero-order chi connectivity index (χ0) is 11.0. The van der Waals surface area contributed by atoms with Crippen LogP contribution in [0.15, 0.2) is 18.3 Å². The van der Waals surface area contributed by atoms with E-state index in [4.69, 9.17) is 5.11 Å². The first kappa shape index (κ1) is 9.77. The molecule has 1 aromatic heterocycles. The van der Waals surface area contributed by atoms with Gasteiger partial charge in [0, 0.05) is 17.1 Å². The third kappa shape index (κ3) is 1.61. The van der Waals surface area contributed by atoms with Crippen LogP contribution in [0.2, 0.25) is 0 Å². The number of rotatable bonds is 2. The molecule has 2 aromatic rings. The number of nitrogens with one attached hydrogen (secondary N) is 1. The number of aromatic nitrogens is 1. The standard InChI is InChI=1S/C12H13NO2/c1-7-3-4-10-9(5-11(14)15)6-13-12(10)8(7)2/h3-4,6,13H,5H2,1-2H3,(H,14,15). The highest BCUT2D eigenvalue weighted by atomic mass is 16.4. The highest BCUT2D eigenvalue weighted by Crippen LogP contribution is 2.24. The molecule has 0 aliphatic rings. The Labute approximate surface area is 87.7 Å². The van der Waals surface area contributed by atoms with Crippen molar-refractivity contribution in [2.24, 2.45) is 0 Å². The number of H-pyrrole nitrogens is 1. The minimum Gasteiger partial charge on any atom is -0.481 e.